The van der Waals surface area contributed by atoms with Gasteiger partial charge in [-0.3, -0.25) is 0 Å². The second-order valence-electron chi connectivity index (χ2n) is 3.53. The Morgan fingerprint density at radius 1 is 1.40 bits per heavy atom. The van der Waals surface area contributed by atoms with E-state index in [9.17, 15) is 0 Å². The zero-order valence-corrected chi connectivity index (χ0v) is 10.8. The largest absolute Gasteiger partial charge is 0.359 e. The van der Waals surface area contributed by atoms with Crippen LogP contribution in [0.15, 0.2) is 6.07 Å². The summed E-state index contributed by atoms with van der Waals surface area (Å²) in [5.41, 5.74) is 1.12. The van der Waals surface area contributed by atoms with Crippen LogP contribution in [0.1, 0.15) is 18.4 Å². The maximum atomic E-state index is 4.44. The summed E-state index contributed by atoms with van der Waals surface area (Å²) >= 11 is 1.85. The highest BCUT2D eigenvalue weighted by Crippen LogP contribution is 2.11. The Kier molecular flexibility index (Phi) is 4.88. The fourth-order valence-corrected chi connectivity index (χ4v) is 1.79. The third-order valence-corrected chi connectivity index (χ3v) is 2.85. The monoisotopic (exact) mass is 225 g/mol. The molecule has 0 atom stereocenters. The predicted molar refractivity (Wildman–Crippen MR) is 67.8 cm³/mol. The average molecular weight is 225 g/mol. The van der Waals surface area contributed by atoms with Crippen LogP contribution in [0.5, 0.6) is 0 Å². The molecule has 0 aromatic carbocycles. The second-order valence-corrected chi connectivity index (χ2v) is 4.52. The molecule has 0 spiro atoms. The maximum Gasteiger partial charge on any atom is 0.132 e. The topological polar surface area (TPSA) is 29.0 Å². The van der Waals surface area contributed by atoms with Crippen LogP contribution < -0.4 is 4.90 Å². The summed E-state index contributed by atoms with van der Waals surface area (Å²) in [5.74, 6) is 3.02. The molecule has 0 aliphatic heterocycles. The average Bonchev–Trinajstić information content (AvgIpc) is 2.24. The van der Waals surface area contributed by atoms with Crippen molar-refractivity contribution in [2.45, 2.75) is 20.3 Å². The lowest BCUT2D eigenvalue weighted by Gasteiger charge is -2.18. The van der Waals surface area contributed by atoms with Crippen LogP contribution >= 0.6 is 11.8 Å². The molecule has 0 aliphatic rings. The van der Waals surface area contributed by atoms with Crippen molar-refractivity contribution in [3.05, 3.63) is 17.6 Å². The molecule has 0 N–H and O–H groups in total. The highest BCUT2D eigenvalue weighted by atomic mass is 32.2. The molecule has 4 heteroatoms. The lowest BCUT2D eigenvalue weighted by atomic mass is 10.3. The molecule has 0 saturated heterocycles. The molecule has 0 bridgehead atoms. The molecule has 0 radical (unpaired) electrons. The summed E-state index contributed by atoms with van der Waals surface area (Å²) in [4.78, 5) is 11.0. The number of aromatic nitrogens is 2. The van der Waals surface area contributed by atoms with E-state index >= 15 is 0 Å². The Bertz CT molecular complexity index is 315. The van der Waals surface area contributed by atoms with Crippen molar-refractivity contribution in [1.82, 2.24) is 9.97 Å². The maximum absolute atomic E-state index is 4.44. The van der Waals surface area contributed by atoms with Crippen LogP contribution in [0, 0.1) is 6.92 Å². The van der Waals surface area contributed by atoms with Gasteiger partial charge >= 0.3 is 0 Å². The van der Waals surface area contributed by atoms with E-state index in [1.807, 2.05) is 18.7 Å². The number of anilines is 1. The van der Waals surface area contributed by atoms with Crippen molar-refractivity contribution in [2.75, 3.05) is 30.5 Å². The molecular weight excluding hydrogens is 206 g/mol. The molecule has 0 saturated carbocycles. The number of rotatable bonds is 5. The standard InChI is InChI=1S/C11H19N3S/c1-5-10-8-11(13-9(2)12-10)14(3)6-7-15-4/h8H,5-7H2,1-4H3. The molecular formula is C11H19N3S. The van der Waals surface area contributed by atoms with Gasteiger partial charge in [0.25, 0.3) is 0 Å². The third-order valence-electron chi connectivity index (χ3n) is 2.26. The zero-order chi connectivity index (χ0) is 11.3. The molecule has 1 aromatic heterocycles. The van der Waals surface area contributed by atoms with Gasteiger partial charge < -0.3 is 4.90 Å². The molecule has 0 unspecified atom stereocenters. The molecule has 0 aliphatic carbocycles. The summed E-state index contributed by atoms with van der Waals surface area (Å²) in [6.45, 7) is 5.10. The molecule has 3 nitrogen and oxygen atoms in total. The molecule has 84 valence electrons. The van der Waals surface area contributed by atoms with Crippen molar-refractivity contribution in [1.29, 1.82) is 0 Å². The van der Waals surface area contributed by atoms with E-state index in [2.05, 4.69) is 41.2 Å². The van der Waals surface area contributed by atoms with Crippen molar-refractivity contribution < 1.29 is 0 Å². The normalized spacial score (nSPS) is 10.4. The summed E-state index contributed by atoms with van der Waals surface area (Å²) in [7, 11) is 2.08. The quantitative estimate of drug-likeness (QED) is 0.768. The fourth-order valence-electron chi connectivity index (χ4n) is 1.33. The van der Waals surface area contributed by atoms with E-state index in [4.69, 9.17) is 0 Å². The fraction of sp³-hybridized carbons (Fsp3) is 0.636. The Hall–Kier alpha value is -0.770. The lowest BCUT2D eigenvalue weighted by molar-refractivity contribution is 0.888. The summed E-state index contributed by atoms with van der Waals surface area (Å²) in [6, 6.07) is 2.08. The highest BCUT2D eigenvalue weighted by molar-refractivity contribution is 7.98. The molecule has 15 heavy (non-hydrogen) atoms. The minimum atomic E-state index is 0.861. The summed E-state index contributed by atoms with van der Waals surface area (Å²) in [5, 5.41) is 0. The van der Waals surface area contributed by atoms with Gasteiger partial charge in [-0.15, -0.1) is 0 Å². The number of aryl methyl sites for hydroxylation is 2. The van der Waals surface area contributed by atoms with Crippen molar-refractivity contribution in [2.24, 2.45) is 0 Å². The Labute approximate surface area is 96.3 Å². The molecule has 0 amide bonds. The van der Waals surface area contributed by atoms with Gasteiger partial charge in [-0.05, 0) is 19.6 Å². The van der Waals surface area contributed by atoms with Crippen LogP contribution in [0.4, 0.5) is 5.82 Å². The molecule has 1 rings (SSSR count). The zero-order valence-electron chi connectivity index (χ0n) is 9.95. The van der Waals surface area contributed by atoms with Gasteiger partial charge in [0.2, 0.25) is 0 Å². The van der Waals surface area contributed by atoms with Crippen molar-refractivity contribution in [3.8, 4) is 0 Å². The first-order chi connectivity index (χ1) is 7.17. The van der Waals surface area contributed by atoms with Crippen molar-refractivity contribution in [3.63, 3.8) is 0 Å². The van der Waals surface area contributed by atoms with Gasteiger partial charge in [-0.2, -0.15) is 11.8 Å². The van der Waals surface area contributed by atoms with Crippen LogP contribution in [0.25, 0.3) is 0 Å². The Morgan fingerprint density at radius 2 is 2.13 bits per heavy atom. The minimum Gasteiger partial charge on any atom is -0.359 e. The van der Waals surface area contributed by atoms with Gasteiger partial charge in [0.05, 0.1) is 0 Å². The van der Waals surface area contributed by atoms with Crippen LogP contribution in [0.3, 0.4) is 0 Å². The van der Waals surface area contributed by atoms with Gasteiger partial charge in [0.1, 0.15) is 11.6 Å². The van der Waals surface area contributed by atoms with E-state index in [0.29, 0.717) is 0 Å². The van der Waals surface area contributed by atoms with Crippen molar-refractivity contribution >= 4 is 17.6 Å². The number of nitrogens with zero attached hydrogens (tertiary/aromatic N) is 3. The molecule has 1 aromatic rings. The van der Waals surface area contributed by atoms with E-state index in [0.717, 1.165) is 36.1 Å². The van der Waals surface area contributed by atoms with E-state index < -0.39 is 0 Å². The summed E-state index contributed by atoms with van der Waals surface area (Å²) < 4.78 is 0. The van der Waals surface area contributed by atoms with E-state index in [1.54, 1.807) is 0 Å². The van der Waals surface area contributed by atoms with Gasteiger partial charge in [0.15, 0.2) is 0 Å². The Morgan fingerprint density at radius 3 is 2.73 bits per heavy atom. The van der Waals surface area contributed by atoms with Crippen LogP contribution in [-0.4, -0.2) is 35.6 Å². The first-order valence-electron chi connectivity index (χ1n) is 5.22. The van der Waals surface area contributed by atoms with E-state index in [1.165, 1.54) is 0 Å². The predicted octanol–water partition coefficient (Wildman–Crippen LogP) is 2.15. The second kappa shape index (κ2) is 5.95. The SMILES string of the molecule is CCc1cc(N(C)CCSC)nc(C)n1. The van der Waals surface area contributed by atoms with Gasteiger partial charge in [-0.1, -0.05) is 6.92 Å². The first kappa shape index (κ1) is 12.3. The van der Waals surface area contributed by atoms with Crippen LogP contribution in [0.2, 0.25) is 0 Å². The Balaban J connectivity index is 2.78. The lowest BCUT2D eigenvalue weighted by Crippen LogP contribution is -2.22. The molecule has 0 fully saturated rings. The van der Waals surface area contributed by atoms with Crippen LogP contribution in [-0.2, 0) is 6.42 Å². The van der Waals surface area contributed by atoms with Gasteiger partial charge in [-0.25, -0.2) is 9.97 Å². The minimum absolute atomic E-state index is 0.861. The highest BCUT2D eigenvalue weighted by Gasteiger charge is 2.04. The first-order valence-corrected chi connectivity index (χ1v) is 6.61. The third kappa shape index (κ3) is 3.70. The summed E-state index contributed by atoms with van der Waals surface area (Å²) in [6.07, 6.45) is 3.09. The smallest absolute Gasteiger partial charge is 0.132 e. The number of hydrogen-bond acceptors (Lipinski definition) is 4. The molecule has 1 heterocycles. The van der Waals surface area contributed by atoms with Gasteiger partial charge in [0, 0.05) is 31.1 Å². The van der Waals surface area contributed by atoms with E-state index in [-0.39, 0.29) is 0 Å². The number of thioether (sulfide) groups is 1. The number of hydrogen-bond donors (Lipinski definition) is 0.